The SMILES string of the molecule is CP(C)(=O)C(N)C(F)(F)F. The summed E-state index contributed by atoms with van der Waals surface area (Å²) in [5.74, 6) is -2.18. The third-order valence-electron chi connectivity index (χ3n) is 1.01. The van der Waals surface area contributed by atoms with Crippen LogP contribution in [0, 0.1) is 0 Å². The lowest BCUT2D eigenvalue weighted by Crippen LogP contribution is -2.36. The van der Waals surface area contributed by atoms with E-state index in [4.69, 9.17) is 0 Å². The highest BCUT2D eigenvalue weighted by Gasteiger charge is 2.43. The van der Waals surface area contributed by atoms with E-state index in [0.717, 1.165) is 13.3 Å². The molecule has 0 aliphatic rings. The summed E-state index contributed by atoms with van der Waals surface area (Å²) in [6.07, 6.45) is -4.54. The Labute approximate surface area is 57.0 Å². The molecule has 10 heavy (non-hydrogen) atoms. The third-order valence-corrected chi connectivity index (χ3v) is 2.64. The zero-order valence-corrected chi connectivity index (χ0v) is 6.54. The van der Waals surface area contributed by atoms with E-state index in [1.165, 1.54) is 0 Å². The van der Waals surface area contributed by atoms with Gasteiger partial charge in [-0.2, -0.15) is 13.2 Å². The lowest BCUT2D eigenvalue weighted by Gasteiger charge is -2.18. The zero-order chi connectivity index (χ0) is 8.58. The van der Waals surface area contributed by atoms with Crippen LogP contribution in [0.15, 0.2) is 0 Å². The molecule has 0 spiro atoms. The summed E-state index contributed by atoms with van der Waals surface area (Å²) < 4.78 is 45.7. The molecule has 0 aliphatic carbocycles. The van der Waals surface area contributed by atoms with Crippen LogP contribution in [0.5, 0.6) is 0 Å². The molecule has 2 N–H and O–H groups in total. The Kier molecular flexibility index (Phi) is 2.54. The second-order valence-corrected chi connectivity index (χ2v) is 5.85. The molecule has 0 aromatic heterocycles. The molecule has 0 aliphatic heterocycles. The monoisotopic (exact) mass is 175 g/mol. The van der Waals surface area contributed by atoms with Gasteiger partial charge in [0.1, 0.15) is 7.14 Å². The van der Waals surface area contributed by atoms with Gasteiger partial charge in [-0.15, -0.1) is 0 Å². The van der Waals surface area contributed by atoms with Crippen molar-refractivity contribution in [3.05, 3.63) is 0 Å². The minimum Gasteiger partial charge on any atom is -0.322 e. The van der Waals surface area contributed by atoms with E-state index in [0.29, 0.717) is 0 Å². The summed E-state index contributed by atoms with van der Waals surface area (Å²) in [5.41, 5.74) is 4.64. The molecule has 0 radical (unpaired) electrons. The lowest BCUT2D eigenvalue weighted by molar-refractivity contribution is -0.129. The van der Waals surface area contributed by atoms with Gasteiger partial charge >= 0.3 is 6.18 Å². The molecule has 0 aromatic carbocycles. The molecular weight excluding hydrogens is 166 g/mol. The maximum Gasteiger partial charge on any atom is 0.410 e. The van der Waals surface area contributed by atoms with Gasteiger partial charge in [0.05, 0.1) is 0 Å². The van der Waals surface area contributed by atoms with Crippen LogP contribution in [0.25, 0.3) is 0 Å². The summed E-state index contributed by atoms with van der Waals surface area (Å²) >= 11 is 0. The van der Waals surface area contributed by atoms with Crippen molar-refractivity contribution in [2.24, 2.45) is 5.73 Å². The fraction of sp³-hybridized carbons (Fsp3) is 1.00. The second kappa shape index (κ2) is 2.55. The van der Waals surface area contributed by atoms with Crippen LogP contribution in [0.3, 0.4) is 0 Å². The Hall–Kier alpha value is -0.0200. The van der Waals surface area contributed by atoms with Crippen LogP contribution in [0.4, 0.5) is 13.2 Å². The normalized spacial score (nSPS) is 17.0. The predicted molar refractivity (Wildman–Crippen MR) is 33.5 cm³/mol. The molecule has 1 atom stereocenters. The summed E-state index contributed by atoms with van der Waals surface area (Å²) in [5, 5.41) is 0. The third kappa shape index (κ3) is 2.71. The molecule has 0 fully saturated rings. The first-order valence-corrected chi connectivity index (χ1v) is 5.19. The number of halogens is 3. The Bertz CT molecular complexity index is 160. The molecule has 62 valence electrons. The number of alkyl halides is 3. The highest BCUT2D eigenvalue weighted by molar-refractivity contribution is 7.63. The number of nitrogens with two attached hydrogens (primary N) is 1. The highest BCUT2D eigenvalue weighted by Crippen LogP contribution is 2.46. The fourth-order valence-electron chi connectivity index (χ4n) is 0.353. The molecule has 0 rings (SSSR count). The molecule has 1 unspecified atom stereocenters. The quantitative estimate of drug-likeness (QED) is 0.613. The average Bonchev–Trinajstić information content (AvgIpc) is 1.59. The minimum absolute atomic E-state index is 1.02. The van der Waals surface area contributed by atoms with Crippen molar-refractivity contribution in [1.29, 1.82) is 0 Å². The van der Waals surface area contributed by atoms with Crippen LogP contribution < -0.4 is 5.73 Å². The van der Waals surface area contributed by atoms with Gasteiger partial charge in [-0.3, -0.25) is 0 Å². The standard InChI is InChI=1S/C4H9F3NOP/c1-10(2,9)3(8)4(5,6)7/h3H,8H2,1-2H3. The maximum absolute atomic E-state index is 11.6. The van der Waals surface area contributed by atoms with Gasteiger partial charge in [0.15, 0.2) is 5.78 Å². The molecule has 0 saturated carbocycles. The Morgan fingerprint density at radius 1 is 1.40 bits per heavy atom. The number of hydrogen-bond acceptors (Lipinski definition) is 2. The van der Waals surface area contributed by atoms with Crippen molar-refractivity contribution < 1.29 is 17.7 Å². The Morgan fingerprint density at radius 2 is 1.70 bits per heavy atom. The van der Waals surface area contributed by atoms with Crippen LogP contribution in [0.2, 0.25) is 0 Å². The Balaban J connectivity index is 4.39. The molecule has 0 amide bonds. The molecular formula is C4H9F3NOP. The van der Waals surface area contributed by atoms with Crippen molar-refractivity contribution in [3.8, 4) is 0 Å². The van der Waals surface area contributed by atoms with Crippen molar-refractivity contribution in [2.75, 3.05) is 13.3 Å². The van der Waals surface area contributed by atoms with Crippen LogP contribution in [-0.4, -0.2) is 25.3 Å². The highest BCUT2D eigenvalue weighted by atomic mass is 31.2. The largest absolute Gasteiger partial charge is 0.410 e. The van der Waals surface area contributed by atoms with Crippen molar-refractivity contribution in [3.63, 3.8) is 0 Å². The molecule has 0 saturated heterocycles. The molecule has 0 heterocycles. The van der Waals surface area contributed by atoms with E-state index in [9.17, 15) is 17.7 Å². The van der Waals surface area contributed by atoms with Crippen molar-refractivity contribution in [2.45, 2.75) is 12.0 Å². The first kappa shape index (κ1) is 9.98. The van der Waals surface area contributed by atoms with E-state index >= 15 is 0 Å². The first-order chi connectivity index (χ1) is 4.15. The molecule has 0 bridgehead atoms. The molecule has 6 heteroatoms. The van der Waals surface area contributed by atoms with Gasteiger partial charge in [-0.1, -0.05) is 0 Å². The van der Waals surface area contributed by atoms with Gasteiger partial charge in [0, 0.05) is 0 Å². The van der Waals surface area contributed by atoms with E-state index < -0.39 is 19.1 Å². The lowest BCUT2D eigenvalue weighted by atomic mass is 10.7. The summed E-state index contributed by atoms with van der Waals surface area (Å²) in [6.45, 7) is 2.04. The van der Waals surface area contributed by atoms with Gasteiger partial charge < -0.3 is 10.3 Å². The number of rotatable bonds is 1. The van der Waals surface area contributed by atoms with E-state index in [1.807, 2.05) is 0 Å². The second-order valence-electron chi connectivity index (χ2n) is 2.42. The van der Waals surface area contributed by atoms with E-state index in [1.54, 1.807) is 0 Å². The van der Waals surface area contributed by atoms with Crippen molar-refractivity contribution >= 4 is 7.14 Å². The maximum atomic E-state index is 11.6. The topological polar surface area (TPSA) is 43.1 Å². The number of hydrogen-bond donors (Lipinski definition) is 1. The van der Waals surface area contributed by atoms with Gasteiger partial charge in [-0.25, -0.2) is 0 Å². The fourth-order valence-corrected chi connectivity index (χ4v) is 1.06. The Morgan fingerprint density at radius 3 is 1.70 bits per heavy atom. The van der Waals surface area contributed by atoms with Crippen LogP contribution in [0.1, 0.15) is 0 Å². The van der Waals surface area contributed by atoms with Crippen molar-refractivity contribution in [1.82, 2.24) is 0 Å². The smallest absolute Gasteiger partial charge is 0.322 e. The minimum atomic E-state index is -4.54. The van der Waals surface area contributed by atoms with Gasteiger partial charge in [-0.05, 0) is 13.3 Å². The van der Waals surface area contributed by atoms with Gasteiger partial charge in [0.2, 0.25) is 0 Å². The average molecular weight is 175 g/mol. The van der Waals surface area contributed by atoms with Gasteiger partial charge in [0.25, 0.3) is 0 Å². The van der Waals surface area contributed by atoms with Crippen LogP contribution >= 0.6 is 7.14 Å². The summed E-state index contributed by atoms with van der Waals surface area (Å²) in [7, 11) is -3.23. The predicted octanol–water partition coefficient (Wildman–Crippen LogP) is 1.46. The van der Waals surface area contributed by atoms with Crippen LogP contribution in [-0.2, 0) is 4.57 Å². The summed E-state index contributed by atoms with van der Waals surface area (Å²) in [4.78, 5) is 0. The molecule has 2 nitrogen and oxygen atoms in total. The first-order valence-electron chi connectivity index (χ1n) is 2.52. The molecule has 0 aromatic rings. The van der Waals surface area contributed by atoms with E-state index in [2.05, 4.69) is 5.73 Å². The van der Waals surface area contributed by atoms with E-state index in [-0.39, 0.29) is 0 Å². The summed E-state index contributed by atoms with van der Waals surface area (Å²) in [6, 6.07) is 0. The zero-order valence-electron chi connectivity index (χ0n) is 5.64.